The van der Waals surface area contributed by atoms with Crippen LogP contribution in [0.1, 0.15) is 252 Å². The van der Waals surface area contributed by atoms with E-state index in [0.29, 0.717) is 0 Å². The van der Waals surface area contributed by atoms with Crippen LogP contribution in [-0.4, -0.2) is 13.1 Å². The Morgan fingerprint density at radius 2 is 0.660 bits per heavy atom. The van der Waals surface area contributed by atoms with Crippen LogP contribution in [-0.2, 0) is 0 Å². The van der Waals surface area contributed by atoms with Gasteiger partial charge >= 0.3 is 0 Å². The van der Waals surface area contributed by atoms with Gasteiger partial charge in [0.15, 0.2) is 0 Å². The van der Waals surface area contributed by atoms with Crippen molar-refractivity contribution in [1.82, 2.24) is 5.32 Å². The molecule has 0 rings (SSSR count). The topological polar surface area (TPSA) is 12.0 Å². The Labute approximate surface area is 299 Å². The zero-order chi connectivity index (χ0) is 34.3. The van der Waals surface area contributed by atoms with Crippen LogP contribution in [0.5, 0.6) is 0 Å². The highest BCUT2D eigenvalue weighted by atomic mass is 14.8. The minimum absolute atomic E-state index is 0.903. The zero-order valence-electron chi connectivity index (χ0n) is 33.4. The summed E-state index contributed by atoms with van der Waals surface area (Å²) in [4.78, 5) is 0. The van der Waals surface area contributed by atoms with Gasteiger partial charge in [-0.15, -0.1) is 0 Å². The Morgan fingerprint density at radius 3 is 1.04 bits per heavy atom. The van der Waals surface area contributed by atoms with Crippen molar-refractivity contribution in [3.8, 4) is 0 Å². The summed E-state index contributed by atoms with van der Waals surface area (Å²) in [5, 5.41) is 3.71. The van der Waals surface area contributed by atoms with E-state index in [4.69, 9.17) is 0 Å². The van der Waals surface area contributed by atoms with Gasteiger partial charge in [-0.05, 0) is 76.8 Å². The summed E-state index contributed by atoms with van der Waals surface area (Å²) in [5.41, 5.74) is 3.06. The first-order chi connectivity index (χ1) is 23.1. The van der Waals surface area contributed by atoms with E-state index in [1.165, 1.54) is 250 Å². The van der Waals surface area contributed by atoms with E-state index in [9.17, 15) is 0 Å². The number of hydrogen-bond donors (Lipinski definition) is 1. The average molecular weight is 658 g/mol. The lowest BCUT2D eigenvalue weighted by molar-refractivity contribution is 0.396. The number of hydrogen-bond acceptors (Lipinski definition) is 1. The maximum atomic E-state index is 4.55. The first kappa shape index (κ1) is 46.4. The lowest BCUT2D eigenvalue weighted by atomic mass is 9.87. The molecule has 0 fully saturated rings. The fourth-order valence-corrected chi connectivity index (χ4v) is 7.36. The largest absolute Gasteiger partial charge is 0.317 e. The summed E-state index contributed by atoms with van der Waals surface area (Å²) in [6.07, 6.45) is 50.2. The molecule has 1 nitrogen and oxygen atoms in total. The quantitative estimate of drug-likeness (QED) is 0.0509. The molecule has 0 aromatic carbocycles. The molecule has 0 amide bonds. The average Bonchev–Trinajstić information content (AvgIpc) is 3.07. The van der Waals surface area contributed by atoms with Gasteiger partial charge in [-0.3, -0.25) is 0 Å². The van der Waals surface area contributed by atoms with Gasteiger partial charge in [0.25, 0.3) is 0 Å². The van der Waals surface area contributed by atoms with Crippen molar-refractivity contribution >= 4 is 0 Å². The van der Waals surface area contributed by atoms with E-state index in [-0.39, 0.29) is 0 Å². The van der Waals surface area contributed by atoms with Crippen LogP contribution in [0, 0.1) is 5.92 Å². The Hall–Kier alpha value is -0.560. The van der Waals surface area contributed by atoms with Gasteiger partial charge in [-0.2, -0.15) is 0 Å². The Bertz CT molecular complexity index is 605. The predicted molar refractivity (Wildman–Crippen MR) is 218 cm³/mol. The fourth-order valence-electron chi connectivity index (χ4n) is 7.36. The van der Waals surface area contributed by atoms with Crippen molar-refractivity contribution in [2.45, 2.75) is 252 Å². The van der Waals surface area contributed by atoms with E-state index in [1.54, 1.807) is 5.57 Å². The van der Waals surface area contributed by atoms with Gasteiger partial charge in [-0.1, -0.05) is 218 Å². The second-order valence-electron chi connectivity index (χ2n) is 15.7. The van der Waals surface area contributed by atoms with Crippen LogP contribution in [0.2, 0.25) is 0 Å². The monoisotopic (exact) mass is 658 g/mol. The summed E-state index contributed by atoms with van der Waals surface area (Å²) >= 11 is 0. The summed E-state index contributed by atoms with van der Waals surface area (Å²) < 4.78 is 0. The molecule has 0 aromatic rings. The van der Waals surface area contributed by atoms with Crippen LogP contribution < -0.4 is 5.32 Å². The molecule has 1 heteroatoms. The third kappa shape index (κ3) is 38.1. The molecule has 0 bridgehead atoms. The molecule has 0 aliphatic carbocycles. The van der Waals surface area contributed by atoms with Crippen LogP contribution in [0.3, 0.4) is 0 Å². The highest BCUT2D eigenvalue weighted by Gasteiger charge is 2.11. The van der Waals surface area contributed by atoms with Crippen LogP contribution in [0.15, 0.2) is 24.3 Å². The van der Waals surface area contributed by atoms with Crippen LogP contribution in [0.4, 0.5) is 0 Å². The second kappa shape index (κ2) is 39.9. The van der Waals surface area contributed by atoms with Crippen LogP contribution in [0.25, 0.3) is 0 Å². The molecule has 0 radical (unpaired) electrons. The van der Waals surface area contributed by atoms with Crippen molar-refractivity contribution in [2.75, 3.05) is 13.1 Å². The van der Waals surface area contributed by atoms with Crippen LogP contribution >= 0.6 is 0 Å². The minimum atomic E-state index is 0.903. The van der Waals surface area contributed by atoms with Crippen molar-refractivity contribution in [3.05, 3.63) is 24.3 Å². The Kier molecular flexibility index (Phi) is 39.4. The molecular formula is C46H91N. The summed E-state index contributed by atoms with van der Waals surface area (Å²) in [5.74, 6) is 0.903. The fraction of sp³-hybridized carbons (Fsp3) is 0.913. The number of allylic oxidation sites excluding steroid dienone is 2. The predicted octanol–water partition coefficient (Wildman–Crippen LogP) is 16.4. The maximum Gasteiger partial charge on any atom is -0.00489 e. The third-order valence-electron chi connectivity index (χ3n) is 10.7. The highest BCUT2D eigenvalue weighted by Crippen LogP contribution is 2.27. The van der Waals surface area contributed by atoms with Gasteiger partial charge in [0, 0.05) is 0 Å². The van der Waals surface area contributed by atoms with E-state index < -0.39 is 0 Å². The molecule has 1 N–H and O–H groups in total. The molecule has 0 heterocycles. The zero-order valence-corrected chi connectivity index (χ0v) is 33.4. The molecule has 0 spiro atoms. The molecule has 280 valence electrons. The summed E-state index contributed by atoms with van der Waals surface area (Å²) in [7, 11) is 0. The molecule has 0 atom stereocenters. The molecule has 0 aromatic heterocycles. The molecule has 47 heavy (non-hydrogen) atoms. The number of rotatable bonds is 41. The van der Waals surface area contributed by atoms with Gasteiger partial charge in [0.2, 0.25) is 0 Å². The first-order valence-electron chi connectivity index (χ1n) is 22.2. The Morgan fingerprint density at radius 1 is 0.362 bits per heavy atom. The van der Waals surface area contributed by atoms with E-state index in [2.05, 4.69) is 39.2 Å². The van der Waals surface area contributed by atoms with E-state index in [0.717, 1.165) is 5.92 Å². The summed E-state index contributed by atoms with van der Waals surface area (Å²) in [6, 6.07) is 0. The van der Waals surface area contributed by atoms with E-state index >= 15 is 0 Å². The number of unbranched alkanes of at least 4 members (excludes halogenated alkanes) is 25. The van der Waals surface area contributed by atoms with E-state index in [1.807, 2.05) is 0 Å². The smallest absolute Gasteiger partial charge is 0.00489 e. The lowest BCUT2D eigenvalue weighted by Gasteiger charge is -2.19. The minimum Gasteiger partial charge on any atom is -0.317 e. The maximum absolute atomic E-state index is 4.55. The SMILES string of the molecule is C=C(CCCCCCCCCC)CCCCCCCNCCCCCCCC(=C)CC(CCCCCCCC)CCCCCCCC. The van der Waals surface area contributed by atoms with Gasteiger partial charge in [0.1, 0.15) is 0 Å². The van der Waals surface area contributed by atoms with Gasteiger partial charge in [0.05, 0.1) is 0 Å². The standard InChI is InChI=1S/C46H91N/c1-6-9-12-15-18-19-22-29-36-44(4)37-30-23-20-27-34-41-47-42-35-28-21-24-31-38-45(5)43-46(39-32-25-16-13-10-7-2)40-33-26-17-14-11-8-3/h46-47H,4-43H2,1-3H3. The van der Waals surface area contributed by atoms with Crippen molar-refractivity contribution < 1.29 is 0 Å². The Balaban J connectivity index is 3.63. The lowest BCUT2D eigenvalue weighted by Crippen LogP contribution is -2.16. The molecule has 0 unspecified atom stereocenters. The van der Waals surface area contributed by atoms with Crippen molar-refractivity contribution in [3.63, 3.8) is 0 Å². The number of nitrogens with one attached hydrogen (secondary N) is 1. The van der Waals surface area contributed by atoms with Gasteiger partial charge < -0.3 is 5.32 Å². The second-order valence-corrected chi connectivity index (χ2v) is 15.7. The van der Waals surface area contributed by atoms with Gasteiger partial charge in [-0.25, -0.2) is 0 Å². The highest BCUT2D eigenvalue weighted by molar-refractivity contribution is 4.96. The molecule has 0 saturated heterocycles. The summed E-state index contributed by atoms with van der Waals surface area (Å²) in [6.45, 7) is 18.3. The molecular weight excluding hydrogens is 567 g/mol. The third-order valence-corrected chi connectivity index (χ3v) is 10.7. The first-order valence-corrected chi connectivity index (χ1v) is 22.2. The van der Waals surface area contributed by atoms with Crippen molar-refractivity contribution in [1.29, 1.82) is 0 Å². The molecule has 0 aliphatic rings. The van der Waals surface area contributed by atoms with Crippen molar-refractivity contribution in [2.24, 2.45) is 5.92 Å². The normalized spacial score (nSPS) is 11.6. The molecule has 0 saturated carbocycles. The molecule has 0 aliphatic heterocycles.